The van der Waals surface area contributed by atoms with Gasteiger partial charge in [0.25, 0.3) is 5.91 Å². The van der Waals surface area contributed by atoms with Gasteiger partial charge in [0.15, 0.2) is 0 Å². The normalized spacial score (nSPS) is 11.0. The molecule has 2 aromatic heterocycles. The first-order chi connectivity index (χ1) is 10.1. The van der Waals surface area contributed by atoms with Gasteiger partial charge < -0.3 is 15.5 Å². The van der Waals surface area contributed by atoms with Crippen molar-refractivity contribution in [3.8, 4) is 0 Å². The molecule has 0 radical (unpaired) electrons. The molecule has 0 saturated heterocycles. The van der Waals surface area contributed by atoms with Crippen LogP contribution in [0.1, 0.15) is 21.2 Å². The van der Waals surface area contributed by atoms with E-state index in [4.69, 9.17) is 10.2 Å². The zero-order chi connectivity index (χ0) is 15.0. The van der Waals surface area contributed by atoms with Crippen molar-refractivity contribution < 1.29 is 13.6 Å². The number of nitrogens with one attached hydrogen (secondary N) is 1. The number of hydrogen-bond donors (Lipinski definition) is 2. The van der Waals surface area contributed by atoms with Crippen molar-refractivity contribution >= 4 is 33.0 Å². The number of benzene rings is 1. The van der Waals surface area contributed by atoms with Gasteiger partial charge >= 0.3 is 0 Å². The molecule has 3 aromatic rings. The van der Waals surface area contributed by atoms with Gasteiger partial charge in [0.1, 0.15) is 22.2 Å². The second kappa shape index (κ2) is 5.21. The first-order valence-electron chi connectivity index (χ1n) is 6.36. The number of fused-ring (bicyclic) bond motifs is 1. The van der Waals surface area contributed by atoms with Crippen molar-refractivity contribution in [2.75, 3.05) is 5.73 Å². The molecule has 0 spiro atoms. The predicted molar refractivity (Wildman–Crippen MR) is 80.8 cm³/mol. The van der Waals surface area contributed by atoms with Crippen LogP contribution in [-0.2, 0) is 6.54 Å². The van der Waals surface area contributed by atoms with Gasteiger partial charge in [0, 0.05) is 4.70 Å². The second-order valence-corrected chi connectivity index (χ2v) is 5.71. The summed E-state index contributed by atoms with van der Waals surface area (Å²) in [5.41, 5.74) is 6.08. The fourth-order valence-corrected chi connectivity index (χ4v) is 3.18. The van der Waals surface area contributed by atoms with E-state index in [0.29, 0.717) is 20.7 Å². The molecule has 0 aliphatic rings. The Morgan fingerprint density at radius 3 is 2.86 bits per heavy atom. The molecule has 0 fully saturated rings. The minimum atomic E-state index is -0.415. The van der Waals surface area contributed by atoms with E-state index in [1.54, 1.807) is 18.2 Å². The van der Waals surface area contributed by atoms with Crippen LogP contribution in [0.15, 0.2) is 34.7 Å². The van der Waals surface area contributed by atoms with Gasteiger partial charge in [-0.15, -0.1) is 11.3 Å². The average molecular weight is 304 g/mol. The van der Waals surface area contributed by atoms with Crippen molar-refractivity contribution in [3.05, 3.63) is 52.5 Å². The molecule has 2 heterocycles. The highest BCUT2D eigenvalue weighted by atomic mass is 32.1. The molecule has 0 aliphatic heterocycles. The van der Waals surface area contributed by atoms with Crippen LogP contribution >= 0.6 is 11.3 Å². The lowest BCUT2D eigenvalue weighted by atomic mass is 10.2. The summed E-state index contributed by atoms with van der Waals surface area (Å²) in [6.07, 6.45) is 0. The van der Waals surface area contributed by atoms with Crippen molar-refractivity contribution in [1.82, 2.24) is 5.32 Å². The van der Waals surface area contributed by atoms with E-state index in [-0.39, 0.29) is 18.1 Å². The molecule has 0 saturated carbocycles. The number of nitrogens with two attached hydrogens (primary N) is 1. The van der Waals surface area contributed by atoms with Gasteiger partial charge in [-0.25, -0.2) is 4.39 Å². The van der Waals surface area contributed by atoms with Crippen LogP contribution in [0.5, 0.6) is 0 Å². The van der Waals surface area contributed by atoms with Crippen molar-refractivity contribution in [2.24, 2.45) is 0 Å². The number of amides is 1. The number of furan rings is 1. The fraction of sp³-hybridized carbons (Fsp3) is 0.133. The Morgan fingerprint density at radius 2 is 2.19 bits per heavy atom. The first-order valence-corrected chi connectivity index (χ1v) is 7.18. The Balaban J connectivity index is 1.84. The smallest absolute Gasteiger partial charge is 0.263 e. The molecule has 4 nitrogen and oxygen atoms in total. The van der Waals surface area contributed by atoms with Gasteiger partial charge in [0.05, 0.1) is 17.6 Å². The molecule has 1 aromatic carbocycles. The van der Waals surface area contributed by atoms with Crippen molar-refractivity contribution in [2.45, 2.75) is 13.5 Å². The van der Waals surface area contributed by atoms with Crippen molar-refractivity contribution in [1.29, 1.82) is 0 Å². The topological polar surface area (TPSA) is 68.3 Å². The SMILES string of the molecule is Cc1ccc(CNC(=O)c2sc3cccc(F)c3c2N)o1. The zero-order valence-corrected chi connectivity index (χ0v) is 12.1. The Labute approximate surface area is 124 Å². The van der Waals surface area contributed by atoms with Gasteiger partial charge in [-0.2, -0.15) is 0 Å². The summed E-state index contributed by atoms with van der Waals surface area (Å²) in [4.78, 5) is 12.5. The van der Waals surface area contributed by atoms with Crippen LogP contribution in [0.25, 0.3) is 10.1 Å². The van der Waals surface area contributed by atoms with E-state index in [2.05, 4.69) is 5.32 Å². The molecular formula is C15H13FN2O2S. The third-order valence-electron chi connectivity index (χ3n) is 3.13. The number of hydrogen-bond acceptors (Lipinski definition) is 4. The standard InChI is InChI=1S/C15H13FN2O2S/c1-8-5-6-9(20-8)7-18-15(19)14-13(17)12-10(16)3-2-4-11(12)21-14/h2-6H,7,17H2,1H3,(H,18,19). The highest BCUT2D eigenvalue weighted by Crippen LogP contribution is 2.35. The fourth-order valence-electron chi connectivity index (χ4n) is 2.13. The number of rotatable bonds is 3. The quantitative estimate of drug-likeness (QED) is 0.778. The summed E-state index contributed by atoms with van der Waals surface area (Å²) in [6, 6.07) is 8.29. The summed E-state index contributed by atoms with van der Waals surface area (Å²) in [7, 11) is 0. The second-order valence-electron chi connectivity index (χ2n) is 4.65. The Hall–Kier alpha value is -2.34. The molecule has 3 N–H and O–H groups in total. The van der Waals surface area contributed by atoms with E-state index in [0.717, 1.165) is 5.76 Å². The van der Waals surface area contributed by atoms with Gasteiger partial charge in [-0.1, -0.05) is 6.07 Å². The lowest BCUT2D eigenvalue weighted by molar-refractivity contribution is 0.0953. The number of halogens is 1. The highest BCUT2D eigenvalue weighted by Gasteiger charge is 2.18. The number of thiophene rings is 1. The minimum absolute atomic E-state index is 0.182. The Bertz CT molecular complexity index is 822. The summed E-state index contributed by atoms with van der Waals surface area (Å²) in [5.74, 6) is 0.693. The van der Waals surface area contributed by atoms with Crippen LogP contribution in [0, 0.1) is 12.7 Å². The van der Waals surface area contributed by atoms with Crippen LogP contribution in [-0.4, -0.2) is 5.91 Å². The van der Waals surface area contributed by atoms with Crippen LogP contribution < -0.4 is 11.1 Å². The first kappa shape index (κ1) is 13.6. The summed E-state index contributed by atoms with van der Waals surface area (Å²) in [6.45, 7) is 2.10. The number of anilines is 1. The Morgan fingerprint density at radius 1 is 1.38 bits per heavy atom. The minimum Gasteiger partial charge on any atom is -0.465 e. The predicted octanol–water partition coefficient (Wildman–Crippen LogP) is 3.45. The molecule has 6 heteroatoms. The largest absolute Gasteiger partial charge is 0.465 e. The zero-order valence-electron chi connectivity index (χ0n) is 11.3. The van der Waals surface area contributed by atoms with Crippen LogP contribution in [0.3, 0.4) is 0 Å². The third kappa shape index (κ3) is 2.50. The van der Waals surface area contributed by atoms with Gasteiger partial charge in [-0.3, -0.25) is 4.79 Å². The van der Waals surface area contributed by atoms with Gasteiger partial charge in [0.2, 0.25) is 0 Å². The van der Waals surface area contributed by atoms with E-state index >= 15 is 0 Å². The molecule has 0 aliphatic carbocycles. The lowest BCUT2D eigenvalue weighted by Gasteiger charge is -2.02. The maximum Gasteiger partial charge on any atom is 0.263 e. The van der Waals surface area contributed by atoms with E-state index in [1.165, 1.54) is 17.4 Å². The van der Waals surface area contributed by atoms with Crippen molar-refractivity contribution in [3.63, 3.8) is 0 Å². The summed E-state index contributed by atoms with van der Waals surface area (Å²) < 4.78 is 19.8. The van der Waals surface area contributed by atoms with Gasteiger partial charge in [-0.05, 0) is 31.2 Å². The molecule has 21 heavy (non-hydrogen) atoms. The number of carbonyl (C=O) groups excluding carboxylic acids is 1. The number of carbonyl (C=O) groups is 1. The molecule has 1 amide bonds. The summed E-state index contributed by atoms with van der Waals surface area (Å²) in [5, 5.41) is 3.03. The van der Waals surface area contributed by atoms with Crippen LogP contribution in [0.2, 0.25) is 0 Å². The summed E-state index contributed by atoms with van der Waals surface area (Å²) >= 11 is 1.18. The number of aryl methyl sites for hydroxylation is 1. The monoisotopic (exact) mass is 304 g/mol. The molecule has 108 valence electrons. The molecule has 0 bridgehead atoms. The maximum atomic E-state index is 13.8. The number of nitrogen functional groups attached to an aromatic ring is 1. The van der Waals surface area contributed by atoms with E-state index < -0.39 is 5.82 Å². The maximum absolute atomic E-state index is 13.8. The highest BCUT2D eigenvalue weighted by molar-refractivity contribution is 7.21. The van der Waals surface area contributed by atoms with E-state index in [9.17, 15) is 9.18 Å². The third-order valence-corrected chi connectivity index (χ3v) is 4.30. The molecule has 0 unspecified atom stereocenters. The molecular weight excluding hydrogens is 291 g/mol. The van der Waals surface area contributed by atoms with Crippen LogP contribution in [0.4, 0.5) is 10.1 Å². The molecule has 0 atom stereocenters. The molecule has 3 rings (SSSR count). The van der Waals surface area contributed by atoms with E-state index in [1.807, 2.05) is 13.0 Å². The Kier molecular flexibility index (Phi) is 3.39. The average Bonchev–Trinajstić information content (AvgIpc) is 3.01. The lowest BCUT2D eigenvalue weighted by Crippen LogP contribution is -2.22.